The fourth-order valence-electron chi connectivity index (χ4n) is 2.38. The minimum atomic E-state index is -0.946. The lowest BCUT2D eigenvalue weighted by molar-refractivity contribution is -0.387. The zero-order chi connectivity index (χ0) is 17.1. The quantitative estimate of drug-likeness (QED) is 0.571. The highest BCUT2D eigenvalue weighted by atomic mass is 19.1. The van der Waals surface area contributed by atoms with Gasteiger partial charge >= 0.3 is 5.69 Å². The molecule has 0 fully saturated rings. The van der Waals surface area contributed by atoms with Crippen LogP contribution in [0.25, 0.3) is 11.0 Å². The van der Waals surface area contributed by atoms with E-state index in [-0.39, 0.29) is 5.75 Å². The number of nitrogens with one attached hydrogen (secondary N) is 1. The van der Waals surface area contributed by atoms with Gasteiger partial charge in [-0.3, -0.25) is 20.1 Å². The number of hydrogen-bond donors (Lipinski definition) is 1. The first-order chi connectivity index (χ1) is 11.6. The van der Waals surface area contributed by atoms with Crippen molar-refractivity contribution in [1.82, 2.24) is 9.97 Å². The summed E-state index contributed by atoms with van der Waals surface area (Å²) in [7, 11) is 1.37. The maximum atomic E-state index is 13.7. The van der Waals surface area contributed by atoms with Gasteiger partial charge in [0.05, 0.1) is 28.8 Å². The average Bonchev–Trinajstić information content (AvgIpc) is 2.60. The molecule has 3 rings (SSSR count). The predicted octanol–water partition coefficient (Wildman–Crippen LogP) is 3.30. The zero-order valence-electron chi connectivity index (χ0n) is 12.7. The van der Waals surface area contributed by atoms with Crippen LogP contribution in [0.4, 0.5) is 15.8 Å². The molecule has 0 bridgehead atoms. The molecule has 7 nitrogen and oxygen atoms in total. The molecule has 1 heterocycles. The van der Waals surface area contributed by atoms with Crippen molar-refractivity contribution in [2.24, 2.45) is 0 Å². The minimum absolute atomic E-state index is 0.185. The summed E-state index contributed by atoms with van der Waals surface area (Å²) in [5.41, 5.74) is 2.04. The normalized spacial score (nSPS) is 10.6. The second-order valence-electron chi connectivity index (χ2n) is 4.96. The molecule has 3 aromatic rings. The molecule has 0 saturated carbocycles. The van der Waals surface area contributed by atoms with Gasteiger partial charge in [-0.15, -0.1) is 0 Å². The van der Waals surface area contributed by atoms with Crippen LogP contribution in [0.1, 0.15) is 5.56 Å². The van der Waals surface area contributed by atoms with Gasteiger partial charge in [-0.25, -0.2) is 0 Å². The number of anilines is 1. The number of para-hydroxylation sites is 1. The van der Waals surface area contributed by atoms with Crippen LogP contribution in [-0.4, -0.2) is 22.0 Å². The Balaban J connectivity index is 1.93. The van der Waals surface area contributed by atoms with Crippen LogP contribution in [-0.2, 0) is 6.54 Å². The molecule has 2 aromatic carbocycles. The van der Waals surface area contributed by atoms with Crippen LogP contribution >= 0.6 is 0 Å². The Morgan fingerprint density at radius 3 is 2.83 bits per heavy atom. The average molecular weight is 328 g/mol. The number of nitrogens with zero attached hydrogens (tertiary/aromatic N) is 3. The number of ether oxygens (including phenoxy) is 1. The number of aromatic nitrogens is 2. The van der Waals surface area contributed by atoms with Crippen LogP contribution in [0.3, 0.4) is 0 Å². The Bertz CT molecular complexity index is 912. The number of hydrogen-bond acceptors (Lipinski definition) is 6. The molecular weight excluding hydrogens is 315 g/mol. The van der Waals surface area contributed by atoms with Crippen LogP contribution in [0, 0.1) is 15.9 Å². The van der Waals surface area contributed by atoms with E-state index in [2.05, 4.69) is 15.3 Å². The molecule has 1 N–H and O–H groups in total. The lowest BCUT2D eigenvalue weighted by atomic mass is 10.1. The van der Waals surface area contributed by atoms with E-state index in [1.165, 1.54) is 7.11 Å². The van der Waals surface area contributed by atoms with E-state index in [1.54, 1.807) is 12.4 Å². The number of fused-ring (bicyclic) bond motifs is 1. The Morgan fingerprint density at radius 1 is 1.29 bits per heavy atom. The smallest absolute Gasteiger partial charge is 0.307 e. The third-order valence-corrected chi connectivity index (χ3v) is 3.52. The molecule has 0 atom stereocenters. The van der Waals surface area contributed by atoms with Crippen molar-refractivity contribution in [3.63, 3.8) is 0 Å². The first-order valence-corrected chi connectivity index (χ1v) is 7.04. The van der Waals surface area contributed by atoms with Gasteiger partial charge in [-0.05, 0) is 11.6 Å². The zero-order valence-corrected chi connectivity index (χ0v) is 12.7. The van der Waals surface area contributed by atoms with Gasteiger partial charge in [0, 0.05) is 31.1 Å². The van der Waals surface area contributed by atoms with Crippen LogP contribution in [0.5, 0.6) is 5.75 Å². The van der Waals surface area contributed by atoms with Crippen LogP contribution < -0.4 is 10.1 Å². The minimum Gasteiger partial charge on any atom is -0.494 e. The molecule has 0 amide bonds. The highest BCUT2D eigenvalue weighted by Crippen LogP contribution is 2.32. The lowest BCUT2D eigenvalue weighted by Gasteiger charge is -2.12. The van der Waals surface area contributed by atoms with Gasteiger partial charge in [-0.1, -0.05) is 12.1 Å². The summed E-state index contributed by atoms with van der Waals surface area (Å²) in [6.45, 7) is 0.329. The summed E-state index contributed by atoms with van der Waals surface area (Å²) in [5, 5.41) is 13.9. The summed E-state index contributed by atoms with van der Waals surface area (Å²) in [6, 6.07) is 7.66. The molecular formula is C16H13FN4O3. The Labute approximate surface area is 136 Å². The molecule has 8 heteroatoms. The van der Waals surface area contributed by atoms with Crippen molar-refractivity contribution in [2.75, 3.05) is 12.4 Å². The third kappa shape index (κ3) is 2.94. The molecule has 0 aliphatic heterocycles. The number of nitro benzene ring substituents is 1. The van der Waals surface area contributed by atoms with Gasteiger partial charge in [0.15, 0.2) is 0 Å². The number of methoxy groups -OCH3 is 1. The van der Waals surface area contributed by atoms with E-state index in [0.717, 1.165) is 28.7 Å². The maximum Gasteiger partial charge on any atom is 0.307 e. The Hall–Kier alpha value is -3.29. The first-order valence-electron chi connectivity index (χ1n) is 7.04. The van der Waals surface area contributed by atoms with E-state index < -0.39 is 16.4 Å². The molecule has 24 heavy (non-hydrogen) atoms. The van der Waals surface area contributed by atoms with Crippen LogP contribution in [0.15, 0.2) is 42.7 Å². The second-order valence-corrected chi connectivity index (χ2v) is 4.96. The second kappa shape index (κ2) is 6.45. The van der Waals surface area contributed by atoms with Gasteiger partial charge in [0.1, 0.15) is 5.75 Å². The number of nitro groups is 1. The highest BCUT2D eigenvalue weighted by molar-refractivity contribution is 5.78. The predicted molar refractivity (Wildman–Crippen MR) is 86.5 cm³/mol. The lowest BCUT2D eigenvalue weighted by Crippen LogP contribution is -2.04. The summed E-state index contributed by atoms with van der Waals surface area (Å²) in [5.74, 6) is -0.761. The molecule has 1 aromatic heterocycles. The SMILES string of the molecule is COc1cc(F)c([N+](=O)[O-])cc1NCc1cccc2nccnc12. The van der Waals surface area contributed by atoms with Gasteiger partial charge in [0.25, 0.3) is 0 Å². The molecule has 0 unspecified atom stereocenters. The van der Waals surface area contributed by atoms with Gasteiger partial charge in [0.2, 0.25) is 5.82 Å². The number of halogens is 1. The van der Waals surface area contributed by atoms with E-state index in [4.69, 9.17) is 4.74 Å². The van der Waals surface area contributed by atoms with Crippen molar-refractivity contribution < 1.29 is 14.1 Å². The molecule has 122 valence electrons. The monoisotopic (exact) mass is 328 g/mol. The van der Waals surface area contributed by atoms with E-state index in [1.807, 2.05) is 18.2 Å². The largest absolute Gasteiger partial charge is 0.494 e. The summed E-state index contributed by atoms with van der Waals surface area (Å²) < 4.78 is 18.8. The topological polar surface area (TPSA) is 90.2 Å². The van der Waals surface area contributed by atoms with Crippen LogP contribution in [0.2, 0.25) is 0 Å². The fourth-order valence-corrected chi connectivity index (χ4v) is 2.38. The van der Waals surface area contributed by atoms with Crippen molar-refractivity contribution in [3.8, 4) is 5.75 Å². The van der Waals surface area contributed by atoms with E-state index in [9.17, 15) is 14.5 Å². The summed E-state index contributed by atoms with van der Waals surface area (Å²) >= 11 is 0. The van der Waals surface area contributed by atoms with E-state index >= 15 is 0 Å². The third-order valence-electron chi connectivity index (χ3n) is 3.52. The summed E-state index contributed by atoms with van der Waals surface area (Å²) in [4.78, 5) is 18.6. The molecule has 0 saturated heterocycles. The van der Waals surface area contributed by atoms with Crippen molar-refractivity contribution in [1.29, 1.82) is 0 Å². The van der Waals surface area contributed by atoms with Crippen molar-refractivity contribution >= 4 is 22.4 Å². The fraction of sp³-hybridized carbons (Fsp3) is 0.125. The number of benzene rings is 2. The maximum absolute atomic E-state index is 13.7. The van der Waals surface area contributed by atoms with Crippen molar-refractivity contribution in [3.05, 3.63) is 64.2 Å². The Kier molecular flexibility index (Phi) is 4.19. The molecule has 0 aliphatic carbocycles. The number of rotatable bonds is 5. The first kappa shape index (κ1) is 15.6. The molecule has 0 aliphatic rings. The Morgan fingerprint density at radius 2 is 2.08 bits per heavy atom. The van der Waals surface area contributed by atoms with Gasteiger partial charge in [-0.2, -0.15) is 4.39 Å². The highest BCUT2D eigenvalue weighted by Gasteiger charge is 2.19. The van der Waals surface area contributed by atoms with Gasteiger partial charge < -0.3 is 10.1 Å². The van der Waals surface area contributed by atoms with Crippen molar-refractivity contribution in [2.45, 2.75) is 6.54 Å². The molecule has 0 spiro atoms. The van der Waals surface area contributed by atoms with E-state index in [0.29, 0.717) is 12.2 Å². The molecule has 0 radical (unpaired) electrons. The summed E-state index contributed by atoms with van der Waals surface area (Å²) in [6.07, 6.45) is 3.20. The standard InChI is InChI=1S/C16H13FN4O3/c1-24-15-7-11(17)14(21(22)23)8-13(15)20-9-10-3-2-4-12-16(10)19-6-5-18-12/h2-8,20H,9H2,1H3.